The largest absolute Gasteiger partial charge is 0.497 e. The molecule has 30 heavy (non-hydrogen) atoms. The van der Waals surface area contributed by atoms with E-state index in [0.29, 0.717) is 22.1 Å². The van der Waals surface area contributed by atoms with Crippen molar-refractivity contribution >= 4 is 61.3 Å². The number of ether oxygens (including phenoxy) is 2. The maximum Gasteiger partial charge on any atom is 0.291 e. The molecule has 0 aliphatic rings. The van der Waals surface area contributed by atoms with Crippen molar-refractivity contribution in [2.45, 2.75) is 4.34 Å². The molecule has 1 heterocycles. The van der Waals surface area contributed by atoms with E-state index in [1.165, 1.54) is 44.6 Å². The van der Waals surface area contributed by atoms with E-state index in [4.69, 9.17) is 32.7 Å². The molecule has 3 rings (SSSR count). The lowest BCUT2D eigenvalue weighted by Gasteiger charge is -2.11. The predicted molar refractivity (Wildman–Crippen MR) is 115 cm³/mol. The molecule has 1 amide bonds. The Bertz CT molecular complexity index is 1200. The number of halogens is 2. The zero-order chi connectivity index (χ0) is 21.9. The molecule has 0 aliphatic heterocycles. The average molecular weight is 489 g/mol. The number of benzene rings is 2. The summed E-state index contributed by atoms with van der Waals surface area (Å²) in [5.41, 5.74) is 0.341. The van der Waals surface area contributed by atoms with E-state index in [1.807, 2.05) is 0 Å². The number of hydrogen-bond acceptors (Lipinski definition) is 8. The summed E-state index contributed by atoms with van der Waals surface area (Å²) >= 11 is 12.5. The maximum atomic E-state index is 12.6. The van der Waals surface area contributed by atoms with Gasteiger partial charge in [0.25, 0.3) is 20.3 Å². The molecule has 2 aromatic carbocycles. The smallest absolute Gasteiger partial charge is 0.291 e. The van der Waals surface area contributed by atoms with Crippen molar-refractivity contribution in [3.63, 3.8) is 0 Å². The molecule has 0 saturated heterocycles. The van der Waals surface area contributed by atoms with Crippen LogP contribution in [0.25, 0.3) is 0 Å². The minimum absolute atomic E-state index is 0.0203. The summed E-state index contributed by atoms with van der Waals surface area (Å²) in [6.07, 6.45) is 0. The fourth-order valence-electron chi connectivity index (χ4n) is 2.28. The maximum absolute atomic E-state index is 12.6. The van der Waals surface area contributed by atoms with Gasteiger partial charge in [-0.1, -0.05) is 34.5 Å². The highest BCUT2D eigenvalue weighted by atomic mass is 35.5. The minimum Gasteiger partial charge on any atom is -0.497 e. The monoisotopic (exact) mass is 488 g/mol. The standard InChI is InChI=1S/C17H14Cl2N4O5S2/c1-27-10-4-6-13(14(8-10)28-2)23-30(25,26)17-22-21-16(29-17)20-15(24)11-5-3-9(18)7-12(11)19/h3-8,23H,1-2H3,(H,20,21,24). The first-order chi connectivity index (χ1) is 14.2. The van der Waals surface area contributed by atoms with Crippen molar-refractivity contribution in [3.8, 4) is 11.5 Å². The molecule has 158 valence electrons. The molecule has 0 bridgehead atoms. The van der Waals surface area contributed by atoms with Crippen LogP contribution in [0.5, 0.6) is 11.5 Å². The second-order valence-electron chi connectivity index (χ2n) is 5.62. The number of nitrogens with one attached hydrogen (secondary N) is 2. The minimum atomic E-state index is -4.08. The summed E-state index contributed by atoms with van der Waals surface area (Å²) in [5.74, 6) is 0.173. The topological polar surface area (TPSA) is 120 Å². The first-order valence-electron chi connectivity index (χ1n) is 8.08. The number of anilines is 2. The summed E-state index contributed by atoms with van der Waals surface area (Å²) in [7, 11) is -1.20. The molecule has 0 saturated carbocycles. The molecule has 0 unspecified atom stereocenters. The normalized spacial score (nSPS) is 11.1. The van der Waals surface area contributed by atoms with Crippen LogP contribution in [0.15, 0.2) is 40.7 Å². The molecule has 3 aromatic rings. The van der Waals surface area contributed by atoms with Gasteiger partial charge in [0, 0.05) is 11.1 Å². The highest BCUT2D eigenvalue weighted by Gasteiger charge is 2.23. The first-order valence-corrected chi connectivity index (χ1v) is 11.1. The highest BCUT2D eigenvalue weighted by molar-refractivity contribution is 7.94. The van der Waals surface area contributed by atoms with E-state index in [2.05, 4.69) is 20.2 Å². The molecule has 0 fully saturated rings. The Morgan fingerprint density at radius 3 is 2.50 bits per heavy atom. The van der Waals surface area contributed by atoms with Crippen LogP contribution in [0.1, 0.15) is 10.4 Å². The van der Waals surface area contributed by atoms with Crippen molar-refractivity contribution < 1.29 is 22.7 Å². The summed E-state index contributed by atoms with van der Waals surface area (Å²) in [4.78, 5) is 12.3. The molecule has 13 heteroatoms. The van der Waals surface area contributed by atoms with E-state index in [9.17, 15) is 13.2 Å². The summed E-state index contributed by atoms with van der Waals surface area (Å²) in [6.45, 7) is 0. The molecule has 2 N–H and O–H groups in total. The van der Waals surface area contributed by atoms with E-state index in [0.717, 1.165) is 0 Å². The zero-order valence-electron chi connectivity index (χ0n) is 15.5. The molecule has 9 nitrogen and oxygen atoms in total. The number of carbonyl (C=O) groups is 1. The first kappa shape index (κ1) is 22.1. The lowest BCUT2D eigenvalue weighted by atomic mass is 10.2. The van der Waals surface area contributed by atoms with Gasteiger partial charge in [-0.15, -0.1) is 10.2 Å². The molecule has 0 atom stereocenters. The Balaban J connectivity index is 1.78. The van der Waals surface area contributed by atoms with Gasteiger partial charge >= 0.3 is 0 Å². The fourth-order valence-corrected chi connectivity index (χ4v) is 4.74. The molecular formula is C17H14Cl2N4O5S2. The summed E-state index contributed by atoms with van der Waals surface area (Å²) in [6, 6.07) is 8.95. The van der Waals surface area contributed by atoms with Crippen LogP contribution in [-0.4, -0.2) is 38.7 Å². The van der Waals surface area contributed by atoms with Crippen LogP contribution in [0.2, 0.25) is 10.0 Å². The SMILES string of the molecule is COc1ccc(NS(=O)(=O)c2nnc(NC(=O)c3ccc(Cl)cc3Cl)s2)c(OC)c1. The number of sulfonamides is 1. The average Bonchev–Trinajstić information content (AvgIpc) is 3.17. The van der Waals surface area contributed by atoms with Gasteiger partial charge in [0.05, 0.1) is 30.5 Å². The number of carbonyl (C=O) groups excluding carboxylic acids is 1. The Morgan fingerprint density at radius 1 is 1.07 bits per heavy atom. The van der Waals surface area contributed by atoms with Crippen molar-refractivity contribution in [2.75, 3.05) is 24.3 Å². The quantitative estimate of drug-likeness (QED) is 0.483. The molecule has 0 spiro atoms. The van der Waals surface area contributed by atoms with Crippen LogP contribution >= 0.6 is 34.5 Å². The Hall–Kier alpha value is -2.60. The van der Waals surface area contributed by atoms with Crippen LogP contribution in [-0.2, 0) is 10.0 Å². The second-order valence-corrected chi connectivity index (χ2v) is 9.30. The van der Waals surface area contributed by atoms with Gasteiger partial charge in [-0.25, -0.2) is 0 Å². The van der Waals surface area contributed by atoms with Gasteiger partial charge < -0.3 is 9.47 Å². The van der Waals surface area contributed by atoms with E-state index >= 15 is 0 Å². The summed E-state index contributed by atoms with van der Waals surface area (Å²) in [5, 5.41) is 10.3. The Morgan fingerprint density at radius 2 is 1.83 bits per heavy atom. The fraction of sp³-hybridized carbons (Fsp3) is 0.118. The van der Waals surface area contributed by atoms with Gasteiger partial charge in [0.2, 0.25) is 5.13 Å². The van der Waals surface area contributed by atoms with E-state index < -0.39 is 15.9 Å². The van der Waals surface area contributed by atoms with Crippen molar-refractivity contribution in [3.05, 3.63) is 52.0 Å². The zero-order valence-corrected chi connectivity index (χ0v) is 18.6. The summed E-state index contributed by atoms with van der Waals surface area (Å²) < 4.78 is 37.6. The molecular weight excluding hydrogens is 475 g/mol. The van der Waals surface area contributed by atoms with Gasteiger partial charge in [-0.05, 0) is 30.3 Å². The third-order valence-electron chi connectivity index (χ3n) is 3.69. The molecule has 1 aromatic heterocycles. The number of rotatable bonds is 7. The third kappa shape index (κ3) is 4.93. The number of hydrogen-bond donors (Lipinski definition) is 2. The van der Waals surface area contributed by atoms with Crippen molar-refractivity contribution in [1.29, 1.82) is 0 Å². The van der Waals surface area contributed by atoms with Gasteiger partial charge in [0.1, 0.15) is 11.5 Å². The number of nitrogens with zero attached hydrogens (tertiary/aromatic N) is 2. The predicted octanol–water partition coefficient (Wildman–Crippen LogP) is 3.92. The van der Waals surface area contributed by atoms with Crippen LogP contribution in [0.3, 0.4) is 0 Å². The third-order valence-corrected chi connectivity index (χ3v) is 6.81. The van der Waals surface area contributed by atoms with Gasteiger partial charge in [0.15, 0.2) is 0 Å². The van der Waals surface area contributed by atoms with E-state index in [1.54, 1.807) is 6.07 Å². The number of aromatic nitrogens is 2. The lowest BCUT2D eigenvalue weighted by Crippen LogP contribution is -2.13. The van der Waals surface area contributed by atoms with Gasteiger partial charge in [-0.2, -0.15) is 8.42 Å². The van der Waals surface area contributed by atoms with Gasteiger partial charge in [-0.3, -0.25) is 14.8 Å². The molecule has 0 aliphatic carbocycles. The van der Waals surface area contributed by atoms with Crippen LogP contribution in [0.4, 0.5) is 10.8 Å². The lowest BCUT2D eigenvalue weighted by molar-refractivity contribution is 0.102. The van der Waals surface area contributed by atoms with Crippen LogP contribution < -0.4 is 19.5 Å². The number of methoxy groups -OCH3 is 2. The Labute approximate surface area is 186 Å². The number of amides is 1. The molecule has 0 radical (unpaired) electrons. The Kier molecular flexibility index (Phi) is 6.66. The highest BCUT2D eigenvalue weighted by Crippen LogP contribution is 2.32. The van der Waals surface area contributed by atoms with Crippen molar-refractivity contribution in [1.82, 2.24) is 10.2 Å². The van der Waals surface area contributed by atoms with Crippen LogP contribution in [0, 0.1) is 0 Å². The second kappa shape index (κ2) is 9.04. The van der Waals surface area contributed by atoms with Crippen molar-refractivity contribution in [2.24, 2.45) is 0 Å². The van der Waals surface area contributed by atoms with E-state index in [-0.39, 0.29) is 31.5 Å².